The molecule has 0 spiro atoms. The standard InChI is InChI=1S/C20H19NO6S/c22-20(27-14-13-26-17-5-2-1-3-6-17)16-8-10-19(11-9-16)28(23,24)21-15-18-7-4-12-25-18/h1-12,21H,13-15H2. The molecule has 0 unspecified atom stereocenters. The molecule has 8 heteroatoms. The smallest absolute Gasteiger partial charge is 0.338 e. The van der Waals surface area contributed by atoms with Gasteiger partial charge in [0.15, 0.2) is 0 Å². The van der Waals surface area contributed by atoms with Gasteiger partial charge >= 0.3 is 5.97 Å². The van der Waals surface area contributed by atoms with Crippen LogP contribution in [0.1, 0.15) is 16.1 Å². The molecular formula is C20H19NO6S. The van der Waals surface area contributed by atoms with Crippen molar-refractivity contribution in [2.75, 3.05) is 13.2 Å². The van der Waals surface area contributed by atoms with Gasteiger partial charge in [0.1, 0.15) is 24.7 Å². The molecule has 0 aliphatic heterocycles. The van der Waals surface area contributed by atoms with E-state index < -0.39 is 16.0 Å². The molecule has 1 heterocycles. The van der Waals surface area contributed by atoms with E-state index in [0.717, 1.165) is 0 Å². The summed E-state index contributed by atoms with van der Waals surface area (Å²) in [6.45, 7) is 0.345. The summed E-state index contributed by atoms with van der Waals surface area (Å²) in [5.41, 5.74) is 0.254. The first-order valence-corrected chi connectivity index (χ1v) is 10.00. The molecule has 3 rings (SSSR count). The first-order valence-electron chi connectivity index (χ1n) is 8.52. The van der Waals surface area contributed by atoms with Crippen molar-refractivity contribution in [3.63, 3.8) is 0 Å². The third kappa shape index (κ3) is 5.45. The lowest BCUT2D eigenvalue weighted by atomic mass is 10.2. The number of furan rings is 1. The molecule has 0 bridgehead atoms. The van der Waals surface area contributed by atoms with Crippen molar-refractivity contribution in [1.82, 2.24) is 4.72 Å². The number of carbonyl (C=O) groups is 1. The maximum atomic E-state index is 12.3. The van der Waals surface area contributed by atoms with Gasteiger partial charge in [-0.05, 0) is 48.5 Å². The van der Waals surface area contributed by atoms with Crippen LogP contribution >= 0.6 is 0 Å². The third-order valence-electron chi connectivity index (χ3n) is 3.75. The van der Waals surface area contributed by atoms with Crippen molar-refractivity contribution in [1.29, 1.82) is 0 Å². The molecule has 0 amide bonds. The molecule has 1 N–H and O–H groups in total. The molecule has 2 aromatic carbocycles. The van der Waals surface area contributed by atoms with Crippen LogP contribution in [0.5, 0.6) is 5.75 Å². The Bertz CT molecular complexity index is 983. The lowest BCUT2D eigenvalue weighted by Gasteiger charge is -2.08. The van der Waals surface area contributed by atoms with Crippen LogP contribution in [0.3, 0.4) is 0 Å². The number of hydrogen-bond donors (Lipinski definition) is 1. The molecule has 0 radical (unpaired) electrons. The molecule has 28 heavy (non-hydrogen) atoms. The Labute approximate surface area is 162 Å². The number of para-hydroxylation sites is 1. The molecule has 0 atom stereocenters. The van der Waals surface area contributed by atoms with Crippen LogP contribution in [0.25, 0.3) is 0 Å². The maximum absolute atomic E-state index is 12.3. The SMILES string of the molecule is O=C(OCCOc1ccccc1)c1ccc(S(=O)(=O)NCc2ccco2)cc1. The summed E-state index contributed by atoms with van der Waals surface area (Å²) in [5.74, 6) is 0.640. The zero-order chi connectivity index (χ0) is 19.8. The van der Waals surface area contributed by atoms with E-state index in [4.69, 9.17) is 13.9 Å². The van der Waals surface area contributed by atoms with Gasteiger partial charge < -0.3 is 13.9 Å². The molecule has 0 aliphatic rings. The van der Waals surface area contributed by atoms with Crippen LogP contribution in [0.4, 0.5) is 0 Å². The molecule has 146 valence electrons. The zero-order valence-corrected chi connectivity index (χ0v) is 15.7. The summed E-state index contributed by atoms with van der Waals surface area (Å²) in [4.78, 5) is 12.1. The van der Waals surface area contributed by atoms with Gasteiger partial charge in [-0.2, -0.15) is 0 Å². The van der Waals surface area contributed by atoms with E-state index in [1.165, 1.54) is 30.5 Å². The van der Waals surface area contributed by atoms with Crippen molar-refractivity contribution in [3.05, 3.63) is 84.3 Å². The first kappa shape index (κ1) is 19.7. The maximum Gasteiger partial charge on any atom is 0.338 e. The molecule has 1 aromatic heterocycles. The highest BCUT2D eigenvalue weighted by Crippen LogP contribution is 2.13. The van der Waals surface area contributed by atoms with Crippen molar-refractivity contribution in [2.24, 2.45) is 0 Å². The Morgan fingerprint density at radius 3 is 2.36 bits per heavy atom. The van der Waals surface area contributed by atoms with E-state index in [0.29, 0.717) is 11.5 Å². The Morgan fingerprint density at radius 1 is 0.929 bits per heavy atom. The fourth-order valence-electron chi connectivity index (χ4n) is 2.33. The van der Waals surface area contributed by atoms with Gasteiger partial charge in [0, 0.05) is 0 Å². The Morgan fingerprint density at radius 2 is 1.68 bits per heavy atom. The number of sulfonamides is 1. The second-order valence-corrected chi connectivity index (χ2v) is 7.49. The topological polar surface area (TPSA) is 94.8 Å². The number of benzene rings is 2. The number of hydrogen-bond acceptors (Lipinski definition) is 6. The normalized spacial score (nSPS) is 11.1. The van der Waals surface area contributed by atoms with Gasteiger partial charge in [0.05, 0.1) is 23.3 Å². The highest BCUT2D eigenvalue weighted by atomic mass is 32.2. The molecule has 3 aromatic rings. The predicted molar refractivity (Wildman–Crippen MR) is 101 cm³/mol. The van der Waals surface area contributed by atoms with Gasteiger partial charge in [0.25, 0.3) is 0 Å². The van der Waals surface area contributed by atoms with Crippen molar-refractivity contribution in [2.45, 2.75) is 11.4 Å². The predicted octanol–water partition coefficient (Wildman–Crippen LogP) is 2.99. The molecule has 0 fully saturated rings. The Kier molecular flexibility index (Phi) is 6.46. The third-order valence-corrected chi connectivity index (χ3v) is 5.16. The number of ether oxygens (including phenoxy) is 2. The summed E-state index contributed by atoms with van der Waals surface area (Å²) >= 11 is 0. The van der Waals surface area contributed by atoms with Gasteiger partial charge in [-0.25, -0.2) is 17.9 Å². The minimum Gasteiger partial charge on any atom is -0.490 e. The summed E-state index contributed by atoms with van der Waals surface area (Å²) in [6, 6.07) is 18.0. The second kappa shape index (κ2) is 9.20. The molecule has 0 saturated carbocycles. The highest BCUT2D eigenvalue weighted by molar-refractivity contribution is 7.89. The van der Waals surface area contributed by atoms with E-state index in [2.05, 4.69) is 4.72 Å². The molecule has 0 saturated heterocycles. The monoisotopic (exact) mass is 401 g/mol. The van der Waals surface area contributed by atoms with Gasteiger partial charge in [-0.1, -0.05) is 18.2 Å². The van der Waals surface area contributed by atoms with E-state index in [1.54, 1.807) is 24.3 Å². The fourth-order valence-corrected chi connectivity index (χ4v) is 3.32. The average Bonchev–Trinajstić information content (AvgIpc) is 3.24. The van der Waals surface area contributed by atoms with Crippen LogP contribution in [0.15, 0.2) is 82.3 Å². The average molecular weight is 401 g/mol. The zero-order valence-electron chi connectivity index (χ0n) is 14.9. The van der Waals surface area contributed by atoms with Crippen LogP contribution in [0.2, 0.25) is 0 Å². The van der Waals surface area contributed by atoms with E-state index in [-0.39, 0.29) is 30.2 Å². The minimum atomic E-state index is -3.71. The highest BCUT2D eigenvalue weighted by Gasteiger charge is 2.16. The summed E-state index contributed by atoms with van der Waals surface area (Å²) in [6.07, 6.45) is 1.47. The van der Waals surface area contributed by atoms with Gasteiger partial charge in [0.2, 0.25) is 10.0 Å². The van der Waals surface area contributed by atoms with E-state index >= 15 is 0 Å². The minimum absolute atomic E-state index is 0.0422. The lowest BCUT2D eigenvalue weighted by molar-refractivity contribution is 0.0450. The number of nitrogens with one attached hydrogen (secondary N) is 1. The van der Waals surface area contributed by atoms with Crippen LogP contribution in [-0.4, -0.2) is 27.6 Å². The van der Waals surface area contributed by atoms with Crippen LogP contribution < -0.4 is 9.46 Å². The van der Waals surface area contributed by atoms with Crippen molar-refractivity contribution < 1.29 is 27.1 Å². The lowest BCUT2D eigenvalue weighted by Crippen LogP contribution is -2.23. The fraction of sp³-hybridized carbons (Fsp3) is 0.150. The quantitative estimate of drug-likeness (QED) is 0.438. The summed E-state index contributed by atoms with van der Waals surface area (Å²) in [5, 5.41) is 0. The van der Waals surface area contributed by atoms with Crippen LogP contribution in [-0.2, 0) is 21.3 Å². The van der Waals surface area contributed by atoms with Crippen molar-refractivity contribution >= 4 is 16.0 Å². The first-order chi connectivity index (χ1) is 13.5. The van der Waals surface area contributed by atoms with E-state index in [1.807, 2.05) is 18.2 Å². The van der Waals surface area contributed by atoms with E-state index in [9.17, 15) is 13.2 Å². The molecular weight excluding hydrogens is 382 g/mol. The van der Waals surface area contributed by atoms with Crippen LogP contribution in [0, 0.1) is 0 Å². The Hall–Kier alpha value is -3.10. The number of rotatable bonds is 9. The van der Waals surface area contributed by atoms with Crippen molar-refractivity contribution in [3.8, 4) is 5.75 Å². The largest absolute Gasteiger partial charge is 0.490 e. The number of carbonyl (C=O) groups excluding carboxylic acids is 1. The van der Waals surface area contributed by atoms with Gasteiger partial charge in [-0.15, -0.1) is 0 Å². The molecule has 0 aliphatic carbocycles. The van der Waals surface area contributed by atoms with Gasteiger partial charge in [-0.3, -0.25) is 0 Å². The Balaban J connectivity index is 1.49. The summed E-state index contributed by atoms with van der Waals surface area (Å²) in [7, 11) is -3.71. The second-order valence-electron chi connectivity index (χ2n) is 5.73. The molecule has 7 nitrogen and oxygen atoms in total. The number of esters is 1. The summed E-state index contributed by atoms with van der Waals surface area (Å²) < 4.78 is 42.6.